The molecule has 134 valence electrons. The van der Waals surface area contributed by atoms with Gasteiger partial charge in [0, 0.05) is 18.7 Å². The summed E-state index contributed by atoms with van der Waals surface area (Å²) >= 11 is 0. The zero-order chi connectivity index (χ0) is 18.7. The molecule has 26 heavy (non-hydrogen) atoms. The third-order valence-electron chi connectivity index (χ3n) is 4.42. The molecule has 2 aromatic rings. The second kappa shape index (κ2) is 7.52. The lowest BCUT2D eigenvalue weighted by Gasteiger charge is -2.22. The van der Waals surface area contributed by atoms with Crippen molar-refractivity contribution in [1.82, 2.24) is 4.90 Å². The van der Waals surface area contributed by atoms with E-state index in [0.29, 0.717) is 35.5 Å². The van der Waals surface area contributed by atoms with Crippen LogP contribution in [-0.2, 0) is 0 Å². The summed E-state index contributed by atoms with van der Waals surface area (Å²) in [6, 6.07) is 13.5. The molecule has 0 radical (unpaired) electrons. The van der Waals surface area contributed by atoms with Crippen LogP contribution < -0.4 is 4.90 Å². The Balaban J connectivity index is 1.92. The quantitative estimate of drug-likeness (QED) is 0.746. The van der Waals surface area contributed by atoms with Crippen molar-refractivity contribution < 1.29 is 14.4 Å². The molecule has 3 amide bonds. The fourth-order valence-corrected chi connectivity index (χ4v) is 3.24. The van der Waals surface area contributed by atoms with E-state index in [4.69, 9.17) is 0 Å². The van der Waals surface area contributed by atoms with E-state index in [0.717, 1.165) is 17.7 Å². The number of rotatable bonds is 6. The Hall–Kier alpha value is -2.95. The first-order chi connectivity index (χ1) is 12.6. The molecule has 3 rings (SSSR count). The van der Waals surface area contributed by atoms with Crippen LogP contribution in [0.5, 0.6) is 0 Å². The number of amides is 3. The van der Waals surface area contributed by atoms with E-state index in [1.54, 1.807) is 48.5 Å². The minimum atomic E-state index is -0.353. The molecule has 0 aliphatic carbocycles. The van der Waals surface area contributed by atoms with Crippen LogP contribution in [0.25, 0.3) is 0 Å². The van der Waals surface area contributed by atoms with Gasteiger partial charge >= 0.3 is 0 Å². The molecule has 0 saturated carbocycles. The summed E-state index contributed by atoms with van der Waals surface area (Å²) in [4.78, 5) is 41.0. The Morgan fingerprint density at radius 1 is 0.885 bits per heavy atom. The summed E-state index contributed by atoms with van der Waals surface area (Å²) in [5, 5.41) is 0. The summed E-state index contributed by atoms with van der Waals surface area (Å²) in [7, 11) is 0. The van der Waals surface area contributed by atoms with Crippen LogP contribution in [0.4, 0.5) is 5.69 Å². The molecule has 0 spiro atoms. The first kappa shape index (κ1) is 17.9. The normalized spacial score (nSPS) is 13.1. The number of anilines is 1. The standard InChI is InChI=1S/C21H22N2O3/c1-3-12-22(13-4-2)19(24)15-8-7-9-16(14-15)23-20(25)17-10-5-6-11-18(17)21(23)26/h5-11,14H,3-4,12-13H2,1-2H3. The highest BCUT2D eigenvalue weighted by molar-refractivity contribution is 6.34. The molecule has 5 nitrogen and oxygen atoms in total. The lowest BCUT2D eigenvalue weighted by Crippen LogP contribution is -2.33. The highest BCUT2D eigenvalue weighted by Gasteiger charge is 2.36. The van der Waals surface area contributed by atoms with Gasteiger partial charge in [0.1, 0.15) is 0 Å². The van der Waals surface area contributed by atoms with Gasteiger partial charge in [-0.2, -0.15) is 0 Å². The fourth-order valence-electron chi connectivity index (χ4n) is 3.24. The van der Waals surface area contributed by atoms with Crippen LogP contribution in [0.2, 0.25) is 0 Å². The minimum Gasteiger partial charge on any atom is -0.339 e. The molecule has 0 unspecified atom stereocenters. The first-order valence-corrected chi connectivity index (χ1v) is 8.95. The fraction of sp³-hybridized carbons (Fsp3) is 0.286. The van der Waals surface area contributed by atoms with Gasteiger partial charge < -0.3 is 4.90 Å². The molecule has 0 atom stereocenters. The van der Waals surface area contributed by atoms with Crippen LogP contribution in [0.1, 0.15) is 57.8 Å². The SMILES string of the molecule is CCCN(CCC)C(=O)c1cccc(N2C(=O)c3ccccc3C2=O)c1. The molecule has 5 heteroatoms. The Morgan fingerprint density at radius 3 is 2.00 bits per heavy atom. The summed E-state index contributed by atoms with van der Waals surface area (Å²) in [5.74, 6) is -0.782. The second-order valence-electron chi connectivity index (χ2n) is 6.33. The number of benzene rings is 2. The summed E-state index contributed by atoms with van der Waals surface area (Å²) in [6.07, 6.45) is 1.76. The van der Waals surface area contributed by atoms with Crippen molar-refractivity contribution in [2.45, 2.75) is 26.7 Å². The van der Waals surface area contributed by atoms with Gasteiger partial charge in [-0.15, -0.1) is 0 Å². The molecule has 0 bridgehead atoms. The first-order valence-electron chi connectivity index (χ1n) is 8.95. The average molecular weight is 350 g/mol. The predicted molar refractivity (Wildman–Crippen MR) is 101 cm³/mol. The molecule has 0 fully saturated rings. The van der Waals surface area contributed by atoms with Crippen molar-refractivity contribution in [3.8, 4) is 0 Å². The molecule has 1 heterocycles. The minimum absolute atomic E-state index is 0.0767. The van der Waals surface area contributed by atoms with Crippen LogP contribution in [-0.4, -0.2) is 35.7 Å². The van der Waals surface area contributed by atoms with Gasteiger partial charge in [0.2, 0.25) is 0 Å². The Kier molecular flexibility index (Phi) is 5.16. The van der Waals surface area contributed by atoms with Gasteiger partial charge in [0.25, 0.3) is 17.7 Å². The van der Waals surface area contributed by atoms with Crippen LogP contribution in [0, 0.1) is 0 Å². The monoisotopic (exact) mass is 350 g/mol. The van der Waals surface area contributed by atoms with Gasteiger partial charge in [-0.25, -0.2) is 4.90 Å². The maximum atomic E-state index is 12.8. The average Bonchev–Trinajstić information content (AvgIpc) is 2.92. The number of hydrogen-bond donors (Lipinski definition) is 0. The van der Waals surface area contributed by atoms with Crippen LogP contribution >= 0.6 is 0 Å². The third kappa shape index (κ3) is 3.12. The summed E-state index contributed by atoms with van der Waals surface area (Å²) in [5.41, 5.74) is 1.71. The third-order valence-corrected chi connectivity index (χ3v) is 4.42. The summed E-state index contributed by atoms with van der Waals surface area (Å²) in [6.45, 7) is 5.43. The van der Waals surface area contributed by atoms with Gasteiger partial charge in [0.15, 0.2) is 0 Å². The van der Waals surface area contributed by atoms with Crippen molar-refractivity contribution in [1.29, 1.82) is 0 Å². The number of fused-ring (bicyclic) bond motifs is 1. The van der Waals surface area contributed by atoms with Crippen molar-refractivity contribution >= 4 is 23.4 Å². The van der Waals surface area contributed by atoms with E-state index in [-0.39, 0.29) is 17.7 Å². The zero-order valence-electron chi connectivity index (χ0n) is 15.1. The molecular weight excluding hydrogens is 328 g/mol. The van der Waals surface area contributed by atoms with E-state index in [1.165, 1.54) is 0 Å². The van der Waals surface area contributed by atoms with E-state index < -0.39 is 0 Å². The van der Waals surface area contributed by atoms with Gasteiger partial charge in [0.05, 0.1) is 16.8 Å². The van der Waals surface area contributed by atoms with Gasteiger partial charge in [-0.3, -0.25) is 14.4 Å². The molecule has 0 N–H and O–H groups in total. The Morgan fingerprint density at radius 2 is 1.46 bits per heavy atom. The molecule has 1 aliphatic heterocycles. The second-order valence-corrected chi connectivity index (χ2v) is 6.33. The van der Waals surface area contributed by atoms with Crippen molar-refractivity contribution in [2.75, 3.05) is 18.0 Å². The van der Waals surface area contributed by atoms with Crippen molar-refractivity contribution in [3.05, 3.63) is 65.2 Å². The molecule has 1 aliphatic rings. The van der Waals surface area contributed by atoms with Crippen LogP contribution in [0.3, 0.4) is 0 Å². The lowest BCUT2D eigenvalue weighted by atomic mass is 10.1. The predicted octanol–water partition coefficient (Wildman–Crippen LogP) is 3.75. The van der Waals surface area contributed by atoms with E-state index in [9.17, 15) is 14.4 Å². The maximum absolute atomic E-state index is 12.8. The number of imide groups is 1. The van der Waals surface area contributed by atoms with Crippen LogP contribution in [0.15, 0.2) is 48.5 Å². The van der Waals surface area contributed by atoms with Crippen molar-refractivity contribution in [3.63, 3.8) is 0 Å². The molecule has 2 aromatic carbocycles. The van der Waals surface area contributed by atoms with Gasteiger partial charge in [-0.1, -0.05) is 32.0 Å². The lowest BCUT2D eigenvalue weighted by molar-refractivity contribution is 0.0754. The topological polar surface area (TPSA) is 57.7 Å². The smallest absolute Gasteiger partial charge is 0.266 e. The summed E-state index contributed by atoms with van der Waals surface area (Å²) < 4.78 is 0. The Labute approximate surface area is 153 Å². The van der Waals surface area contributed by atoms with E-state index >= 15 is 0 Å². The molecular formula is C21H22N2O3. The molecule has 0 aromatic heterocycles. The number of carbonyl (C=O) groups is 3. The number of hydrogen-bond acceptors (Lipinski definition) is 3. The molecule has 0 saturated heterocycles. The number of carbonyl (C=O) groups excluding carboxylic acids is 3. The van der Waals surface area contributed by atoms with Crippen molar-refractivity contribution in [2.24, 2.45) is 0 Å². The largest absolute Gasteiger partial charge is 0.339 e. The highest BCUT2D eigenvalue weighted by Crippen LogP contribution is 2.29. The zero-order valence-corrected chi connectivity index (χ0v) is 15.1. The highest BCUT2D eigenvalue weighted by atomic mass is 16.2. The maximum Gasteiger partial charge on any atom is 0.266 e. The number of nitrogens with zero attached hydrogens (tertiary/aromatic N) is 2. The van der Waals surface area contributed by atoms with E-state index in [2.05, 4.69) is 0 Å². The van der Waals surface area contributed by atoms with Gasteiger partial charge in [-0.05, 0) is 43.2 Å². The Bertz CT molecular complexity index is 819. The van der Waals surface area contributed by atoms with E-state index in [1.807, 2.05) is 18.7 Å².